The zero-order valence-corrected chi connectivity index (χ0v) is 16.4. The third-order valence-electron chi connectivity index (χ3n) is 4.85. The molecule has 2 aromatic rings. The van der Waals surface area contributed by atoms with Crippen molar-refractivity contribution in [3.8, 4) is 11.5 Å². The van der Waals surface area contributed by atoms with Crippen LogP contribution in [0.3, 0.4) is 0 Å². The van der Waals surface area contributed by atoms with Crippen LogP contribution in [0.25, 0.3) is 0 Å². The molecule has 0 spiro atoms. The van der Waals surface area contributed by atoms with Gasteiger partial charge in [-0.05, 0) is 42.3 Å². The number of imide groups is 1. The van der Waals surface area contributed by atoms with Crippen molar-refractivity contribution in [3.05, 3.63) is 58.1 Å². The van der Waals surface area contributed by atoms with Crippen molar-refractivity contribution in [1.29, 1.82) is 0 Å². The lowest BCUT2D eigenvalue weighted by molar-refractivity contribution is -0.131. The molecule has 7 heteroatoms. The number of hydrogen-bond acceptors (Lipinski definition) is 4. The van der Waals surface area contributed by atoms with Gasteiger partial charge in [0.15, 0.2) is 11.5 Å². The number of ether oxygens (including phenoxy) is 2. The molecule has 3 amide bonds. The standard InChI is InChI=1S/C20H19BrN2O4/c1-20(14-5-8-16-17(11-14)27-10-2-9-26-16)18(24)23(19(25)22-20)12-13-3-6-15(21)7-4-13/h3-8,11H,2,9-10,12H2,1H3,(H,22,25). The van der Waals surface area contributed by atoms with Gasteiger partial charge < -0.3 is 14.8 Å². The van der Waals surface area contributed by atoms with Crippen molar-refractivity contribution in [3.63, 3.8) is 0 Å². The molecule has 6 nitrogen and oxygen atoms in total. The van der Waals surface area contributed by atoms with E-state index in [-0.39, 0.29) is 12.5 Å². The minimum Gasteiger partial charge on any atom is -0.490 e. The van der Waals surface area contributed by atoms with E-state index in [1.807, 2.05) is 24.3 Å². The number of carbonyl (C=O) groups is 2. The molecule has 2 aliphatic rings. The highest BCUT2D eigenvalue weighted by Crippen LogP contribution is 2.37. The van der Waals surface area contributed by atoms with E-state index in [4.69, 9.17) is 9.47 Å². The average molecular weight is 431 g/mol. The van der Waals surface area contributed by atoms with Gasteiger partial charge >= 0.3 is 6.03 Å². The Hall–Kier alpha value is -2.54. The highest BCUT2D eigenvalue weighted by Gasteiger charge is 2.49. The highest BCUT2D eigenvalue weighted by molar-refractivity contribution is 9.10. The highest BCUT2D eigenvalue weighted by atomic mass is 79.9. The van der Waals surface area contributed by atoms with Gasteiger partial charge in [0.1, 0.15) is 5.54 Å². The summed E-state index contributed by atoms with van der Waals surface area (Å²) in [5.74, 6) is 0.966. The van der Waals surface area contributed by atoms with Gasteiger partial charge in [0.25, 0.3) is 5.91 Å². The Kier molecular flexibility index (Phi) is 4.55. The van der Waals surface area contributed by atoms with Crippen molar-refractivity contribution in [2.45, 2.75) is 25.4 Å². The lowest BCUT2D eigenvalue weighted by atomic mass is 9.91. The van der Waals surface area contributed by atoms with Gasteiger partial charge in [-0.15, -0.1) is 0 Å². The molecule has 0 aromatic heterocycles. The molecule has 1 atom stereocenters. The van der Waals surface area contributed by atoms with E-state index in [9.17, 15) is 9.59 Å². The molecule has 2 heterocycles. The van der Waals surface area contributed by atoms with Crippen molar-refractivity contribution in [1.82, 2.24) is 10.2 Å². The van der Waals surface area contributed by atoms with Gasteiger partial charge in [0.05, 0.1) is 19.8 Å². The summed E-state index contributed by atoms with van der Waals surface area (Å²) in [6.07, 6.45) is 0.803. The number of nitrogens with zero attached hydrogens (tertiary/aromatic N) is 1. The fourth-order valence-electron chi connectivity index (χ4n) is 3.28. The van der Waals surface area contributed by atoms with Crippen LogP contribution in [0.2, 0.25) is 0 Å². The Morgan fingerprint density at radius 2 is 1.78 bits per heavy atom. The molecule has 140 valence electrons. The van der Waals surface area contributed by atoms with Crippen LogP contribution in [0.5, 0.6) is 11.5 Å². The molecule has 1 fully saturated rings. The number of urea groups is 1. The summed E-state index contributed by atoms with van der Waals surface area (Å²) in [4.78, 5) is 26.9. The van der Waals surface area contributed by atoms with Crippen LogP contribution in [-0.4, -0.2) is 30.1 Å². The van der Waals surface area contributed by atoms with Crippen molar-refractivity contribution in [2.24, 2.45) is 0 Å². The van der Waals surface area contributed by atoms with Gasteiger partial charge in [-0.1, -0.05) is 34.1 Å². The first-order valence-corrected chi connectivity index (χ1v) is 9.55. The van der Waals surface area contributed by atoms with Gasteiger partial charge in [-0.2, -0.15) is 0 Å². The van der Waals surface area contributed by atoms with Crippen molar-refractivity contribution in [2.75, 3.05) is 13.2 Å². The summed E-state index contributed by atoms with van der Waals surface area (Å²) in [5.41, 5.74) is 0.407. The lowest BCUT2D eigenvalue weighted by Gasteiger charge is -2.23. The molecule has 27 heavy (non-hydrogen) atoms. The summed E-state index contributed by atoms with van der Waals surface area (Å²) in [6, 6.07) is 12.5. The first-order chi connectivity index (χ1) is 13.0. The van der Waals surface area contributed by atoms with Crippen LogP contribution in [0.1, 0.15) is 24.5 Å². The second-order valence-electron chi connectivity index (χ2n) is 6.78. The SMILES string of the molecule is CC1(c2ccc3c(c2)OCCCO3)NC(=O)N(Cc2ccc(Br)cc2)C1=O. The molecular formula is C20H19BrN2O4. The lowest BCUT2D eigenvalue weighted by Crippen LogP contribution is -2.40. The summed E-state index contributed by atoms with van der Waals surface area (Å²) in [5, 5.41) is 2.83. The Bertz CT molecular complexity index is 899. The van der Waals surface area contributed by atoms with Crippen LogP contribution in [0, 0.1) is 0 Å². The number of benzene rings is 2. The fraction of sp³-hybridized carbons (Fsp3) is 0.300. The quantitative estimate of drug-likeness (QED) is 0.755. The number of fused-ring (bicyclic) bond motifs is 1. The van der Waals surface area contributed by atoms with Crippen LogP contribution in [-0.2, 0) is 16.9 Å². The van der Waals surface area contributed by atoms with E-state index in [2.05, 4.69) is 21.2 Å². The fourth-order valence-corrected chi connectivity index (χ4v) is 3.55. The summed E-state index contributed by atoms with van der Waals surface area (Å²) in [7, 11) is 0. The Morgan fingerprint density at radius 1 is 1.07 bits per heavy atom. The van der Waals surface area contributed by atoms with Gasteiger partial charge in [-0.25, -0.2) is 4.79 Å². The zero-order valence-electron chi connectivity index (χ0n) is 14.8. The number of halogens is 1. The van der Waals surface area contributed by atoms with Crippen LogP contribution in [0.15, 0.2) is 46.9 Å². The molecule has 0 saturated carbocycles. The summed E-state index contributed by atoms with van der Waals surface area (Å²) >= 11 is 3.38. The molecular weight excluding hydrogens is 412 g/mol. The van der Waals surface area contributed by atoms with Crippen LogP contribution < -0.4 is 14.8 Å². The van der Waals surface area contributed by atoms with Crippen LogP contribution in [0.4, 0.5) is 4.79 Å². The molecule has 1 N–H and O–H groups in total. The maximum absolute atomic E-state index is 13.1. The second kappa shape index (κ2) is 6.88. The third kappa shape index (κ3) is 3.27. The Morgan fingerprint density at radius 3 is 2.52 bits per heavy atom. The van der Waals surface area contributed by atoms with E-state index < -0.39 is 11.6 Å². The maximum atomic E-state index is 13.1. The van der Waals surface area contributed by atoms with E-state index in [0.29, 0.717) is 30.3 Å². The average Bonchev–Trinajstić information content (AvgIpc) is 2.84. The monoisotopic (exact) mass is 430 g/mol. The summed E-state index contributed by atoms with van der Waals surface area (Å²) < 4.78 is 12.3. The Labute approximate surface area is 165 Å². The number of nitrogens with one attached hydrogen (secondary N) is 1. The predicted octanol–water partition coefficient (Wildman–Crippen LogP) is 3.58. The topological polar surface area (TPSA) is 67.9 Å². The van der Waals surface area contributed by atoms with E-state index in [1.54, 1.807) is 25.1 Å². The maximum Gasteiger partial charge on any atom is 0.325 e. The van der Waals surface area contributed by atoms with E-state index >= 15 is 0 Å². The molecule has 4 rings (SSSR count). The molecule has 0 bridgehead atoms. The van der Waals surface area contributed by atoms with Gasteiger partial charge in [-0.3, -0.25) is 9.69 Å². The molecule has 0 aliphatic carbocycles. The van der Waals surface area contributed by atoms with Crippen molar-refractivity contribution < 1.29 is 19.1 Å². The normalized spacial score (nSPS) is 21.8. The molecule has 2 aromatic carbocycles. The predicted molar refractivity (Wildman–Crippen MR) is 103 cm³/mol. The first-order valence-electron chi connectivity index (χ1n) is 8.76. The number of rotatable bonds is 3. The number of hydrogen-bond donors (Lipinski definition) is 1. The third-order valence-corrected chi connectivity index (χ3v) is 5.38. The largest absolute Gasteiger partial charge is 0.490 e. The first kappa shape index (κ1) is 17.9. The molecule has 1 saturated heterocycles. The molecule has 0 radical (unpaired) electrons. The Balaban J connectivity index is 1.61. The van der Waals surface area contributed by atoms with E-state index in [0.717, 1.165) is 16.5 Å². The zero-order chi connectivity index (χ0) is 19.0. The van der Waals surface area contributed by atoms with Crippen LogP contribution >= 0.6 is 15.9 Å². The number of amides is 3. The number of carbonyl (C=O) groups excluding carboxylic acids is 2. The minimum absolute atomic E-state index is 0.220. The van der Waals surface area contributed by atoms with E-state index in [1.165, 1.54) is 4.90 Å². The second-order valence-corrected chi connectivity index (χ2v) is 7.70. The molecule has 1 unspecified atom stereocenters. The summed E-state index contributed by atoms with van der Waals surface area (Å²) in [6.45, 7) is 3.09. The minimum atomic E-state index is -1.14. The van der Waals surface area contributed by atoms with Crippen molar-refractivity contribution >= 4 is 27.9 Å². The molecule has 2 aliphatic heterocycles. The smallest absolute Gasteiger partial charge is 0.325 e. The van der Waals surface area contributed by atoms with Gasteiger partial charge in [0, 0.05) is 10.9 Å². The van der Waals surface area contributed by atoms with Gasteiger partial charge in [0.2, 0.25) is 0 Å².